The molecular formula is C37H45F6N5O. The van der Waals surface area contributed by atoms with E-state index in [1.54, 1.807) is 24.4 Å². The molecular weight excluding hydrogens is 644 g/mol. The Bertz CT molecular complexity index is 1610. The summed E-state index contributed by atoms with van der Waals surface area (Å²) in [7, 11) is 1.62. The van der Waals surface area contributed by atoms with E-state index in [1.807, 2.05) is 12.1 Å². The summed E-state index contributed by atoms with van der Waals surface area (Å²) in [4.78, 5) is 13.1. The van der Waals surface area contributed by atoms with Gasteiger partial charge in [0, 0.05) is 37.8 Å². The lowest BCUT2D eigenvalue weighted by atomic mass is 9.72. The summed E-state index contributed by atoms with van der Waals surface area (Å²) < 4.78 is 89.0. The predicted octanol–water partition coefficient (Wildman–Crippen LogP) is 9.24. The van der Waals surface area contributed by atoms with Gasteiger partial charge in [0.25, 0.3) is 0 Å². The molecule has 1 fully saturated rings. The topological polar surface area (TPSA) is 67.5 Å². The third kappa shape index (κ3) is 8.87. The second kappa shape index (κ2) is 14.2. The predicted molar refractivity (Wildman–Crippen MR) is 181 cm³/mol. The fourth-order valence-corrected chi connectivity index (χ4v) is 6.77. The first-order valence-electron chi connectivity index (χ1n) is 16.7. The Morgan fingerprint density at radius 3 is 2.10 bits per heavy atom. The number of allylic oxidation sites excluding steroid dienone is 1. The molecule has 6 nitrogen and oxygen atoms in total. The molecule has 0 radical (unpaired) electrons. The number of hydrogen-bond acceptors (Lipinski definition) is 6. The minimum absolute atomic E-state index is 0.0904. The molecule has 2 N–H and O–H groups in total. The Hall–Kier alpha value is -3.80. The molecule has 0 unspecified atom stereocenters. The van der Waals surface area contributed by atoms with Gasteiger partial charge in [0.05, 0.1) is 36.3 Å². The summed E-state index contributed by atoms with van der Waals surface area (Å²) in [6.07, 6.45) is -2.67. The highest BCUT2D eigenvalue weighted by Gasteiger charge is 2.37. The van der Waals surface area contributed by atoms with Crippen LogP contribution in [0.4, 0.5) is 38.0 Å². The number of benzene rings is 2. The quantitative estimate of drug-likeness (QED) is 0.226. The van der Waals surface area contributed by atoms with Crippen molar-refractivity contribution in [1.29, 1.82) is 0 Å². The Balaban J connectivity index is 1.61. The normalized spacial score (nSPS) is 17.5. The number of aromatic nitrogens is 2. The molecule has 266 valence electrons. The summed E-state index contributed by atoms with van der Waals surface area (Å²) in [6.45, 7) is 9.93. The van der Waals surface area contributed by atoms with E-state index in [4.69, 9.17) is 10.5 Å². The number of piperidine rings is 1. The highest BCUT2D eigenvalue weighted by molar-refractivity contribution is 5.75. The van der Waals surface area contributed by atoms with E-state index in [1.165, 1.54) is 0 Å². The first-order valence-corrected chi connectivity index (χ1v) is 16.7. The van der Waals surface area contributed by atoms with Crippen molar-refractivity contribution in [1.82, 2.24) is 9.97 Å². The summed E-state index contributed by atoms with van der Waals surface area (Å²) in [5.74, 6) is 1.18. The van der Waals surface area contributed by atoms with Crippen molar-refractivity contribution >= 4 is 17.2 Å². The monoisotopic (exact) mass is 689 g/mol. The third-order valence-electron chi connectivity index (χ3n) is 9.60. The highest BCUT2D eigenvalue weighted by atomic mass is 19.4. The van der Waals surface area contributed by atoms with E-state index in [0.29, 0.717) is 12.2 Å². The van der Waals surface area contributed by atoms with E-state index in [9.17, 15) is 26.3 Å². The van der Waals surface area contributed by atoms with E-state index in [0.717, 1.165) is 78.9 Å². The van der Waals surface area contributed by atoms with Crippen LogP contribution in [0.2, 0.25) is 0 Å². The number of anilines is 2. The van der Waals surface area contributed by atoms with Crippen LogP contribution in [0.1, 0.15) is 93.5 Å². The van der Waals surface area contributed by atoms with Gasteiger partial charge >= 0.3 is 12.4 Å². The molecule has 1 aliphatic carbocycles. The minimum Gasteiger partial charge on any atom is -0.496 e. The lowest BCUT2D eigenvalue weighted by Gasteiger charge is -2.36. The largest absolute Gasteiger partial charge is 0.496 e. The molecule has 5 rings (SSSR count). The van der Waals surface area contributed by atoms with Gasteiger partial charge in [-0.25, -0.2) is 9.97 Å². The molecule has 0 atom stereocenters. The van der Waals surface area contributed by atoms with Gasteiger partial charge in [-0.05, 0) is 96.0 Å². The molecule has 49 heavy (non-hydrogen) atoms. The second-order valence-electron chi connectivity index (χ2n) is 14.4. The van der Waals surface area contributed by atoms with Crippen molar-refractivity contribution in [3.05, 3.63) is 82.2 Å². The Labute approximate surface area is 284 Å². The first kappa shape index (κ1) is 36.5. The molecule has 12 heteroatoms. The Morgan fingerprint density at radius 1 is 0.939 bits per heavy atom. The summed E-state index contributed by atoms with van der Waals surface area (Å²) in [5.41, 5.74) is 8.05. The van der Waals surface area contributed by atoms with Crippen molar-refractivity contribution in [2.75, 3.05) is 36.5 Å². The smallest absolute Gasteiger partial charge is 0.416 e. The number of nitrogens with two attached hydrogens (primary N) is 1. The maximum Gasteiger partial charge on any atom is 0.416 e. The number of nitrogens with zero attached hydrogens (tertiary/aromatic N) is 4. The van der Waals surface area contributed by atoms with Gasteiger partial charge in [0.2, 0.25) is 5.95 Å². The van der Waals surface area contributed by atoms with Crippen LogP contribution in [0.3, 0.4) is 0 Å². The SMILES string of the molecule is COc1ccc(C(C)C)cc1C1=C(CN(Cc2cc(C(F)(F)F)cc(C(F)(F)F)c2)c2ncc(N3CCC(N)CC3)cn2)CC(C)(C)CC1. The van der Waals surface area contributed by atoms with Crippen LogP contribution in [0, 0.1) is 5.41 Å². The van der Waals surface area contributed by atoms with Crippen molar-refractivity contribution in [2.24, 2.45) is 11.1 Å². The number of alkyl halides is 6. The Kier molecular flexibility index (Phi) is 10.6. The summed E-state index contributed by atoms with van der Waals surface area (Å²) in [5, 5.41) is 0. The van der Waals surface area contributed by atoms with Gasteiger partial charge < -0.3 is 20.3 Å². The summed E-state index contributed by atoms with van der Waals surface area (Å²) in [6, 6.07) is 7.95. The number of hydrogen-bond donors (Lipinski definition) is 1. The maximum atomic E-state index is 13.9. The molecule has 0 saturated carbocycles. The zero-order valence-electron chi connectivity index (χ0n) is 28.7. The molecule has 0 bridgehead atoms. The van der Waals surface area contributed by atoms with Crippen LogP contribution >= 0.6 is 0 Å². The van der Waals surface area contributed by atoms with Crippen LogP contribution in [0.15, 0.2) is 54.4 Å². The van der Waals surface area contributed by atoms with Gasteiger partial charge in [0.15, 0.2) is 0 Å². The van der Waals surface area contributed by atoms with E-state index in [2.05, 4.69) is 48.6 Å². The van der Waals surface area contributed by atoms with Crippen LogP contribution in [0.5, 0.6) is 5.75 Å². The van der Waals surface area contributed by atoms with Crippen LogP contribution in [-0.4, -0.2) is 42.8 Å². The number of methoxy groups -OCH3 is 1. The van der Waals surface area contributed by atoms with Gasteiger partial charge in [0.1, 0.15) is 5.75 Å². The third-order valence-corrected chi connectivity index (χ3v) is 9.60. The number of ether oxygens (including phenoxy) is 1. The standard InChI is InChI=1S/C37H45F6N5O/c1-23(2)25-6-7-33(49-5)32(16-25)31-8-11-35(3,4)18-26(31)22-48(34-45-19-30(20-46-34)47-12-9-29(44)10-13-47)21-24-14-27(36(38,39)40)17-28(15-24)37(41,42)43/h6-7,14-17,19-20,23,29H,8-13,18,21-22,44H2,1-5H3. The van der Waals surface area contributed by atoms with E-state index < -0.39 is 23.5 Å². The average Bonchev–Trinajstić information content (AvgIpc) is 3.03. The zero-order chi connectivity index (χ0) is 35.7. The minimum atomic E-state index is -4.96. The van der Waals surface area contributed by atoms with Crippen molar-refractivity contribution in [3.8, 4) is 5.75 Å². The average molecular weight is 690 g/mol. The molecule has 1 aromatic heterocycles. The molecule has 0 spiro atoms. The molecule has 1 aliphatic heterocycles. The lowest BCUT2D eigenvalue weighted by Crippen LogP contribution is -2.39. The number of halogens is 6. The molecule has 3 aromatic rings. The first-order chi connectivity index (χ1) is 22.9. The van der Waals surface area contributed by atoms with Crippen molar-refractivity contribution in [3.63, 3.8) is 0 Å². The summed E-state index contributed by atoms with van der Waals surface area (Å²) >= 11 is 0. The zero-order valence-corrected chi connectivity index (χ0v) is 28.7. The van der Waals surface area contributed by atoms with Gasteiger partial charge in [-0.1, -0.05) is 33.8 Å². The molecule has 2 aromatic carbocycles. The van der Waals surface area contributed by atoms with E-state index >= 15 is 0 Å². The van der Waals surface area contributed by atoms with Crippen molar-refractivity contribution < 1.29 is 31.1 Å². The fourth-order valence-electron chi connectivity index (χ4n) is 6.77. The van der Waals surface area contributed by atoms with Gasteiger partial charge in [-0.15, -0.1) is 0 Å². The van der Waals surface area contributed by atoms with Crippen LogP contribution in [-0.2, 0) is 18.9 Å². The Morgan fingerprint density at radius 2 is 1.55 bits per heavy atom. The van der Waals surface area contributed by atoms with Crippen molar-refractivity contribution in [2.45, 2.75) is 90.7 Å². The molecule has 0 amide bonds. The number of rotatable bonds is 9. The van der Waals surface area contributed by atoms with Gasteiger partial charge in [-0.3, -0.25) is 0 Å². The second-order valence-corrected chi connectivity index (χ2v) is 14.4. The molecule has 2 aliphatic rings. The fraction of sp³-hybridized carbons (Fsp3) is 0.514. The van der Waals surface area contributed by atoms with Gasteiger partial charge in [-0.2, -0.15) is 26.3 Å². The molecule has 2 heterocycles. The highest BCUT2D eigenvalue weighted by Crippen LogP contribution is 2.46. The van der Waals surface area contributed by atoms with Crippen LogP contribution < -0.4 is 20.3 Å². The van der Waals surface area contributed by atoms with Crippen LogP contribution in [0.25, 0.3) is 5.57 Å². The lowest BCUT2D eigenvalue weighted by molar-refractivity contribution is -0.143. The molecule has 1 saturated heterocycles. The maximum absolute atomic E-state index is 13.9. The van der Waals surface area contributed by atoms with E-state index in [-0.39, 0.29) is 48.0 Å².